The van der Waals surface area contributed by atoms with Crippen LogP contribution in [0.4, 0.5) is 13.2 Å². The first-order valence-electron chi connectivity index (χ1n) is 7.23. The molecule has 1 fully saturated rings. The van der Waals surface area contributed by atoms with E-state index in [2.05, 4.69) is 15.6 Å². The molecule has 2 N–H and O–H groups in total. The minimum absolute atomic E-state index is 0. The minimum atomic E-state index is -4.43. The van der Waals surface area contributed by atoms with Gasteiger partial charge < -0.3 is 15.4 Å². The van der Waals surface area contributed by atoms with Gasteiger partial charge in [0.2, 0.25) is 0 Å². The molecule has 1 aromatic carbocycles. The van der Waals surface area contributed by atoms with Crippen LogP contribution in [0, 0.1) is 0 Å². The lowest BCUT2D eigenvalue weighted by molar-refractivity contribution is -0.138. The highest BCUT2D eigenvalue weighted by Crippen LogP contribution is 2.34. The maximum Gasteiger partial charge on any atom is 0.416 e. The lowest BCUT2D eigenvalue weighted by Gasteiger charge is -2.14. The number of guanidine groups is 1. The van der Waals surface area contributed by atoms with Crippen LogP contribution in [0.1, 0.15) is 30.9 Å². The Labute approximate surface area is 150 Å². The summed E-state index contributed by atoms with van der Waals surface area (Å²) in [6.07, 6.45) is -2.29. The molecule has 0 bridgehead atoms. The fraction of sp³-hybridized carbons (Fsp3) is 0.533. The average molecular weight is 443 g/mol. The summed E-state index contributed by atoms with van der Waals surface area (Å²) in [7, 11) is 1.34. The monoisotopic (exact) mass is 443 g/mol. The topological polar surface area (TPSA) is 45.7 Å². The number of halogens is 4. The van der Waals surface area contributed by atoms with Crippen molar-refractivity contribution in [2.24, 2.45) is 4.99 Å². The molecule has 130 valence electrons. The van der Waals surface area contributed by atoms with Gasteiger partial charge in [-0.2, -0.15) is 13.2 Å². The summed E-state index contributed by atoms with van der Waals surface area (Å²) in [6, 6.07) is 4.31. The molecule has 1 aromatic rings. The Hall–Kier alpha value is -1.19. The van der Waals surface area contributed by atoms with Gasteiger partial charge in [-0.25, -0.2) is 4.99 Å². The van der Waals surface area contributed by atoms with Gasteiger partial charge in [0.15, 0.2) is 5.96 Å². The molecule has 0 aromatic heterocycles. The van der Waals surface area contributed by atoms with Crippen molar-refractivity contribution in [2.75, 3.05) is 13.7 Å². The molecule has 2 rings (SSSR count). The zero-order chi connectivity index (χ0) is 16.2. The summed E-state index contributed by atoms with van der Waals surface area (Å²) in [5, 5.41) is 6.21. The maximum atomic E-state index is 13.1. The van der Waals surface area contributed by atoms with Crippen molar-refractivity contribution in [2.45, 2.75) is 38.5 Å². The molecule has 0 amide bonds. The minimum Gasteiger partial charge on any atom is -0.497 e. The van der Waals surface area contributed by atoms with Crippen LogP contribution in [-0.4, -0.2) is 25.7 Å². The molecule has 0 spiro atoms. The number of nitrogens with zero attached hydrogens (tertiary/aromatic N) is 1. The van der Waals surface area contributed by atoms with Crippen molar-refractivity contribution in [1.29, 1.82) is 0 Å². The third kappa shape index (κ3) is 6.08. The number of methoxy groups -OCH3 is 1. The highest BCUT2D eigenvalue weighted by Gasteiger charge is 2.33. The van der Waals surface area contributed by atoms with Crippen molar-refractivity contribution < 1.29 is 17.9 Å². The second kappa shape index (κ2) is 8.60. The maximum absolute atomic E-state index is 13.1. The average Bonchev–Trinajstić information content (AvgIpc) is 3.28. The van der Waals surface area contributed by atoms with E-state index in [4.69, 9.17) is 4.74 Å². The number of hydrogen-bond acceptors (Lipinski definition) is 2. The van der Waals surface area contributed by atoms with Gasteiger partial charge in [-0.05, 0) is 37.5 Å². The zero-order valence-electron chi connectivity index (χ0n) is 13.0. The first kappa shape index (κ1) is 19.9. The van der Waals surface area contributed by atoms with E-state index in [0.29, 0.717) is 18.5 Å². The lowest BCUT2D eigenvalue weighted by Crippen LogP contribution is -2.38. The molecule has 0 radical (unpaired) electrons. The molecule has 0 aliphatic heterocycles. The van der Waals surface area contributed by atoms with Crippen molar-refractivity contribution in [3.05, 3.63) is 29.3 Å². The fourth-order valence-corrected chi connectivity index (χ4v) is 1.99. The first-order valence-corrected chi connectivity index (χ1v) is 7.23. The molecule has 0 unspecified atom stereocenters. The van der Waals surface area contributed by atoms with Crippen LogP contribution >= 0.6 is 24.0 Å². The van der Waals surface area contributed by atoms with Crippen LogP contribution in [0.5, 0.6) is 5.75 Å². The predicted octanol–water partition coefficient (Wildman–Crippen LogP) is 3.55. The number of ether oxygens (including phenoxy) is 1. The Morgan fingerprint density at radius 3 is 2.57 bits per heavy atom. The molecule has 4 nitrogen and oxygen atoms in total. The largest absolute Gasteiger partial charge is 0.497 e. The van der Waals surface area contributed by atoms with Crippen molar-refractivity contribution in [3.8, 4) is 5.75 Å². The van der Waals surface area contributed by atoms with Gasteiger partial charge in [0.1, 0.15) is 5.75 Å². The smallest absolute Gasteiger partial charge is 0.416 e. The van der Waals surface area contributed by atoms with Gasteiger partial charge in [-0.3, -0.25) is 0 Å². The van der Waals surface area contributed by atoms with E-state index in [0.717, 1.165) is 18.9 Å². The number of alkyl halides is 3. The van der Waals surface area contributed by atoms with Crippen LogP contribution in [0.15, 0.2) is 23.2 Å². The summed E-state index contributed by atoms with van der Waals surface area (Å²) in [4.78, 5) is 4.25. The lowest BCUT2D eigenvalue weighted by atomic mass is 10.1. The van der Waals surface area contributed by atoms with E-state index in [1.54, 1.807) is 0 Å². The van der Waals surface area contributed by atoms with Crippen molar-refractivity contribution >= 4 is 29.9 Å². The summed E-state index contributed by atoms with van der Waals surface area (Å²) < 4.78 is 44.2. The Bertz CT molecular complexity index is 545. The molecule has 1 aliphatic rings. The van der Waals surface area contributed by atoms with E-state index < -0.39 is 11.7 Å². The van der Waals surface area contributed by atoms with Crippen molar-refractivity contribution in [1.82, 2.24) is 10.6 Å². The molecular weight excluding hydrogens is 422 g/mol. The number of nitrogens with one attached hydrogen (secondary N) is 2. The van der Waals surface area contributed by atoms with Crippen LogP contribution in [0.3, 0.4) is 0 Å². The Balaban J connectivity index is 0.00000264. The van der Waals surface area contributed by atoms with Gasteiger partial charge in [-0.1, -0.05) is 6.07 Å². The first-order chi connectivity index (χ1) is 10.4. The van der Waals surface area contributed by atoms with Crippen LogP contribution < -0.4 is 15.4 Å². The van der Waals surface area contributed by atoms with Gasteiger partial charge >= 0.3 is 6.18 Å². The molecule has 0 atom stereocenters. The van der Waals surface area contributed by atoms with Gasteiger partial charge in [0.05, 0.1) is 19.2 Å². The van der Waals surface area contributed by atoms with Crippen molar-refractivity contribution in [3.63, 3.8) is 0 Å². The standard InChI is InChI=1S/C15H20F3N3O.HI/c1-3-19-14(21-11-5-6-11)20-9-10-4-7-12(22-2)8-13(10)15(16,17)18;/h4,7-8,11H,3,5-6,9H2,1-2H3,(H2,19,20,21);1H. The molecular formula is C15H21F3IN3O. The number of aliphatic imine (C=N–C) groups is 1. The van der Waals surface area contributed by atoms with E-state index in [-0.39, 0.29) is 41.8 Å². The SMILES string of the molecule is CCNC(=NCc1ccc(OC)cc1C(F)(F)F)NC1CC1.I. The van der Waals surface area contributed by atoms with Gasteiger partial charge in [0.25, 0.3) is 0 Å². The van der Waals surface area contributed by atoms with E-state index >= 15 is 0 Å². The Morgan fingerprint density at radius 2 is 2.04 bits per heavy atom. The van der Waals surface area contributed by atoms with Crippen LogP contribution in [-0.2, 0) is 12.7 Å². The summed E-state index contributed by atoms with van der Waals surface area (Å²) in [5.74, 6) is 0.733. The normalized spacial score (nSPS) is 14.9. The van der Waals surface area contributed by atoms with Crippen LogP contribution in [0.25, 0.3) is 0 Å². The fourth-order valence-electron chi connectivity index (χ4n) is 1.99. The predicted molar refractivity (Wildman–Crippen MR) is 94.4 cm³/mol. The highest BCUT2D eigenvalue weighted by molar-refractivity contribution is 14.0. The molecule has 8 heteroatoms. The highest BCUT2D eigenvalue weighted by atomic mass is 127. The molecule has 1 saturated carbocycles. The number of hydrogen-bond donors (Lipinski definition) is 2. The van der Waals surface area contributed by atoms with Gasteiger partial charge in [-0.15, -0.1) is 24.0 Å². The zero-order valence-corrected chi connectivity index (χ0v) is 15.4. The number of benzene rings is 1. The summed E-state index contributed by atoms with van der Waals surface area (Å²) in [5.41, 5.74) is -0.584. The van der Waals surface area contributed by atoms with E-state index in [1.165, 1.54) is 19.2 Å². The molecule has 0 heterocycles. The summed E-state index contributed by atoms with van der Waals surface area (Å²) in [6.45, 7) is 2.53. The third-order valence-electron chi connectivity index (χ3n) is 3.29. The molecule has 1 aliphatic carbocycles. The Kier molecular flexibility index (Phi) is 7.43. The van der Waals surface area contributed by atoms with Crippen LogP contribution in [0.2, 0.25) is 0 Å². The van der Waals surface area contributed by atoms with E-state index in [9.17, 15) is 13.2 Å². The molecule has 23 heavy (non-hydrogen) atoms. The summed E-state index contributed by atoms with van der Waals surface area (Å²) >= 11 is 0. The third-order valence-corrected chi connectivity index (χ3v) is 3.29. The number of rotatable bonds is 5. The van der Waals surface area contributed by atoms with E-state index in [1.807, 2.05) is 6.92 Å². The van der Waals surface area contributed by atoms with Gasteiger partial charge in [0, 0.05) is 12.6 Å². The second-order valence-corrected chi connectivity index (χ2v) is 5.13. The quantitative estimate of drug-likeness (QED) is 0.416. The molecule has 0 saturated heterocycles. The second-order valence-electron chi connectivity index (χ2n) is 5.13. The Morgan fingerprint density at radius 1 is 1.35 bits per heavy atom.